The van der Waals surface area contributed by atoms with Crippen molar-refractivity contribution >= 4 is 23.8 Å². The van der Waals surface area contributed by atoms with Gasteiger partial charge in [-0.2, -0.15) is 0 Å². The van der Waals surface area contributed by atoms with Gasteiger partial charge in [-0.05, 0) is 36.5 Å². The Balaban J connectivity index is 2.58. The molecule has 0 aromatic carbocycles. The summed E-state index contributed by atoms with van der Waals surface area (Å²) in [5.41, 5.74) is 1.50. The highest BCUT2D eigenvalue weighted by Gasteiger charge is 2.06. The van der Waals surface area contributed by atoms with E-state index >= 15 is 0 Å². The molecule has 0 fully saturated rings. The van der Waals surface area contributed by atoms with E-state index in [1.807, 2.05) is 11.8 Å². The fourth-order valence-electron chi connectivity index (χ4n) is 0.845. The van der Waals surface area contributed by atoms with Crippen LogP contribution in [0, 0.1) is 0 Å². The molecule has 0 aromatic heterocycles. The molecule has 0 aromatic rings. The predicted octanol–water partition coefficient (Wildman–Crippen LogP) is 2.69. The third kappa shape index (κ3) is 2.22. The number of hydrogen-bond donors (Lipinski definition) is 0. The largest absolute Gasteiger partial charge is 0.315 e. The van der Waals surface area contributed by atoms with E-state index in [1.165, 1.54) is 10.5 Å². The molecule has 0 unspecified atom stereocenters. The maximum absolute atomic E-state index is 5.26. The lowest BCUT2D eigenvalue weighted by molar-refractivity contribution is 0.382. The Morgan fingerprint density at radius 3 is 3.10 bits per heavy atom. The van der Waals surface area contributed by atoms with Crippen LogP contribution in [0.4, 0.5) is 0 Å². The zero-order valence-corrected chi connectivity index (χ0v) is 7.98. The minimum Gasteiger partial charge on any atom is -0.315 e. The molecule has 3 heteroatoms. The highest BCUT2D eigenvalue weighted by Crippen LogP contribution is 2.27. The van der Waals surface area contributed by atoms with Gasteiger partial charge in [-0.1, -0.05) is 5.57 Å². The van der Waals surface area contributed by atoms with E-state index in [0.717, 1.165) is 18.8 Å². The van der Waals surface area contributed by atoms with Gasteiger partial charge in [0, 0.05) is 0 Å². The second kappa shape index (κ2) is 4.31. The normalized spacial score (nSPS) is 21.0. The van der Waals surface area contributed by atoms with E-state index < -0.39 is 0 Å². The van der Waals surface area contributed by atoms with E-state index in [1.54, 1.807) is 12.0 Å². The molecular formula is C7H12OS2. The molecule has 0 N–H and O–H groups in total. The van der Waals surface area contributed by atoms with Gasteiger partial charge >= 0.3 is 0 Å². The van der Waals surface area contributed by atoms with Gasteiger partial charge in [0.05, 0.1) is 12.4 Å². The maximum Gasteiger partial charge on any atom is 0.0651 e. The molecular weight excluding hydrogens is 164 g/mol. The molecule has 0 saturated heterocycles. The minimum absolute atomic E-state index is 0.876. The molecule has 1 aliphatic heterocycles. The van der Waals surface area contributed by atoms with Crippen LogP contribution in [0.25, 0.3) is 0 Å². The van der Waals surface area contributed by atoms with Gasteiger partial charge in [0.2, 0.25) is 0 Å². The van der Waals surface area contributed by atoms with E-state index in [4.69, 9.17) is 4.18 Å². The summed E-state index contributed by atoms with van der Waals surface area (Å²) in [7, 11) is 0. The molecule has 1 heterocycles. The maximum atomic E-state index is 5.26. The van der Waals surface area contributed by atoms with Crippen LogP contribution in [0.15, 0.2) is 10.5 Å². The van der Waals surface area contributed by atoms with Gasteiger partial charge in [0.1, 0.15) is 0 Å². The Labute approximate surface area is 70.8 Å². The molecule has 1 nitrogen and oxygen atoms in total. The van der Waals surface area contributed by atoms with E-state index in [-0.39, 0.29) is 0 Å². The molecule has 0 radical (unpaired) electrons. The molecule has 0 bridgehead atoms. The summed E-state index contributed by atoms with van der Waals surface area (Å²) >= 11 is 3.42. The van der Waals surface area contributed by atoms with Crippen LogP contribution in [0.1, 0.15) is 13.3 Å². The topological polar surface area (TPSA) is 9.23 Å². The van der Waals surface area contributed by atoms with E-state index in [0.29, 0.717) is 0 Å². The molecule has 0 aliphatic carbocycles. The van der Waals surface area contributed by atoms with Crippen molar-refractivity contribution in [1.29, 1.82) is 0 Å². The van der Waals surface area contributed by atoms with Crippen LogP contribution in [-0.4, -0.2) is 18.6 Å². The summed E-state index contributed by atoms with van der Waals surface area (Å²) in [6, 6.07) is 0. The van der Waals surface area contributed by atoms with Crippen LogP contribution >= 0.6 is 23.8 Å². The van der Waals surface area contributed by atoms with Crippen LogP contribution in [0.2, 0.25) is 0 Å². The third-order valence-corrected chi connectivity index (χ3v) is 3.46. The van der Waals surface area contributed by atoms with Gasteiger partial charge < -0.3 is 4.18 Å². The summed E-state index contributed by atoms with van der Waals surface area (Å²) in [6.07, 6.45) is 3.23. The van der Waals surface area contributed by atoms with Crippen molar-refractivity contribution < 1.29 is 4.18 Å². The highest BCUT2D eigenvalue weighted by molar-refractivity contribution is 8.04. The van der Waals surface area contributed by atoms with Crippen molar-refractivity contribution in [1.82, 2.24) is 0 Å². The summed E-state index contributed by atoms with van der Waals surface area (Å²) in [5, 5.41) is 0. The van der Waals surface area contributed by atoms with Crippen molar-refractivity contribution in [3.8, 4) is 0 Å². The minimum atomic E-state index is 0.876. The fourth-order valence-corrected chi connectivity index (χ4v) is 2.55. The van der Waals surface area contributed by atoms with Gasteiger partial charge in [0.15, 0.2) is 0 Å². The van der Waals surface area contributed by atoms with Gasteiger partial charge in [-0.25, -0.2) is 0 Å². The van der Waals surface area contributed by atoms with Crippen molar-refractivity contribution in [2.45, 2.75) is 13.3 Å². The fraction of sp³-hybridized carbons (Fsp3) is 0.714. The molecule has 0 atom stereocenters. The van der Waals surface area contributed by atoms with Crippen LogP contribution in [0.3, 0.4) is 0 Å². The lowest BCUT2D eigenvalue weighted by atomic mass is 10.2. The van der Waals surface area contributed by atoms with Crippen LogP contribution in [0.5, 0.6) is 0 Å². The summed E-state index contributed by atoms with van der Waals surface area (Å²) in [6.45, 7) is 3.07. The zero-order chi connectivity index (χ0) is 7.40. The second-order valence-corrected chi connectivity index (χ2v) is 3.90. The Morgan fingerprint density at radius 2 is 2.40 bits per heavy atom. The average molecular weight is 176 g/mol. The number of rotatable bonds is 1. The quantitative estimate of drug-likeness (QED) is 0.568. The lowest BCUT2D eigenvalue weighted by Gasteiger charge is -2.01. The monoisotopic (exact) mass is 176 g/mol. The Kier molecular flexibility index (Phi) is 3.66. The van der Waals surface area contributed by atoms with Crippen LogP contribution < -0.4 is 0 Å². The second-order valence-electron chi connectivity index (χ2n) is 2.24. The average Bonchev–Trinajstić information content (AvgIpc) is 2.13. The standard InChI is InChI=1S/C7H12OS2/c1-6-3-4-8-10-5-7(6)9-2/h3-5H2,1-2H3. The Bertz CT molecular complexity index is 143. The number of thioether (sulfide) groups is 1. The summed E-state index contributed by atoms with van der Waals surface area (Å²) in [4.78, 5) is 1.49. The first-order valence-electron chi connectivity index (χ1n) is 3.31. The van der Waals surface area contributed by atoms with E-state index in [2.05, 4.69) is 13.2 Å². The molecule has 0 saturated carbocycles. The molecule has 58 valence electrons. The molecule has 0 spiro atoms. The molecule has 10 heavy (non-hydrogen) atoms. The van der Waals surface area contributed by atoms with Crippen LogP contribution in [-0.2, 0) is 4.18 Å². The molecule has 0 amide bonds. The summed E-state index contributed by atoms with van der Waals surface area (Å²) < 4.78 is 5.26. The van der Waals surface area contributed by atoms with E-state index in [9.17, 15) is 0 Å². The first-order valence-corrected chi connectivity index (χ1v) is 5.45. The predicted molar refractivity (Wildman–Crippen MR) is 49.2 cm³/mol. The zero-order valence-electron chi connectivity index (χ0n) is 6.35. The van der Waals surface area contributed by atoms with Crippen molar-refractivity contribution in [2.75, 3.05) is 18.6 Å². The molecule has 1 aliphatic rings. The highest BCUT2D eigenvalue weighted by atomic mass is 32.2. The van der Waals surface area contributed by atoms with Crippen molar-refractivity contribution in [3.05, 3.63) is 10.5 Å². The summed E-state index contributed by atoms with van der Waals surface area (Å²) in [5.74, 6) is 1.03. The van der Waals surface area contributed by atoms with Crippen molar-refractivity contribution in [3.63, 3.8) is 0 Å². The van der Waals surface area contributed by atoms with Gasteiger partial charge in [-0.15, -0.1) is 11.8 Å². The van der Waals surface area contributed by atoms with Gasteiger partial charge in [0.25, 0.3) is 0 Å². The third-order valence-electron chi connectivity index (χ3n) is 1.56. The molecule has 1 rings (SSSR count). The first kappa shape index (κ1) is 8.50. The smallest absolute Gasteiger partial charge is 0.0651 e. The first-order chi connectivity index (χ1) is 4.84. The number of hydrogen-bond acceptors (Lipinski definition) is 3. The lowest BCUT2D eigenvalue weighted by Crippen LogP contribution is -1.85. The Morgan fingerprint density at radius 1 is 1.60 bits per heavy atom. The van der Waals surface area contributed by atoms with Gasteiger partial charge in [-0.3, -0.25) is 0 Å². The van der Waals surface area contributed by atoms with Crippen molar-refractivity contribution in [2.24, 2.45) is 0 Å². The Hall–Kier alpha value is 0.400. The SMILES string of the molecule is CSC1=C(C)CCOSC1.